The van der Waals surface area contributed by atoms with Crippen molar-refractivity contribution < 1.29 is 13.2 Å². The molecule has 0 bridgehead atoms. The molecule has 0 heterocycles. The molecule has 0 saturated carbocycles. The van der Waals surface area contributed by atoms with Gasteiger partial charge in [-0.1, -0.05) is 66.7 Å². The van der Waals surface area contributed by atoms with Gasteiger partial charge in [-0.2, -0.15) is 13.2 Å². The van der Waals surface area contributed by atoms with Crippen molar-refractivity contribution in [3.63, 3.8) is 0 Å². The lowest BCUT2D eigenvalue weighted by molar-refractivity contribution is -0.137. The molecule has 4 heteroatoms. The third kappa shape index (κ3) is 3.77. The molecule has 0 amide bonds. The van der Waals surface area contributed by atoms with Crippen LogP contribution >= 0.6 is 0 Å². The van der Waals surface area contributed by atoms with E-state index in [4.69, 9.17) is 0 Å². The first-order valence-electron chi connectivity index (χ1n) is 10.4. The minimum absolute atomic E-state index is 0.243. The predicted octanol–water partition coefficient (Wildman–Crippen LogP) is 6.46. The maximum Gasteiger partial charge on any atom is 0.416 e. The molecule has 2 unspecified atom stereocenters. The van der Waals surface area contributed by atoms with E-state index in [1.54, 1.807) is 6.07 Å². The van der Waals surface area contributed by atoms with E-state index in [1.807, 2.05) is 7.05 Å². The molecule has 0 radical (unpaired) electrons. The van der Waals surface area contributed by atoms with Gasteiger partial charge in [0.05, 0.1) is 11.1 Å². The van der Waals surface area contributed by atoms with Crippen molar-refractivity contribution in [2.45, 2.75) is 43.8 Å². The predicted molar refractivity (Wildman–Crippen MR) is 115 cm³/mol. The zero-order chi connectivity index (χ0) is 21.4. The third-order valence-electron chi connectivity index (χ3n) is 6.50. The van der Waals surface area contributed by atoms with Crippen molar-refractivity contribution in [2.75, 3.05) is 7.05 Å². The number of hydrogen-bond acceptors (Lipinski definition) is 1. The Morgan fingerprint density at radius 1 is 0.933 bits per heavy atom. The number of benzene rings is 3. The lowest BCUT2D eigenvalue weighted by Gasteiger charge is -2.32. The van der Waals surface area contributed by atoms with Crippen molar-refractivity contribution in [3.05, 3.63) is 106 Å². The molecule has 0 aromatic heterocycles. The zero-order valence-corrected chi connectivity index (χ0v) is 17.3. The van der Waals surface area contributed by atoms with Gasteiger partial charge in [0.2, 0.25) is 0 Å². The highest BCUT2D eigenvalue weighted by molar-refractivity contribution is 5.50. The molecule has 4 rings (SSSR count). The van der Waals surface area contributed by atoms with Gasteiger partial charge in [-0.25, -0.2) is 0 Å². The van der Waals surface area contributed by atoms with Crippen LogP contribution in [0, 0.1) is 0 Å². The van der Waals surface area contributed by atoms with Crippen LogP contribution in [-0.2, 0) is 24.6 Å². The van der Waals surface area contributed by atoms with Gasteiger partial charge in [0, 0.05) is 0 Å². The quantitative estimate of drug-likeness (QED) is 0.521. The molecule has 1 nitrogen and oxygen atoms in total. The molecule has 3 aromatic carbocycles. The summed E-state index contributed by atoms with van der Waals surface area (Å²) >= 11 is 0. The van der Waals surface area contributed by atoms with Gasteiger partial charge in [0.1, 0.15) is 0 Å². The number of rotatable bonds is 4. The third-order valence-corrected chi connectivity index (χ3v) is 6.50. The van der Waals surface area contributed by atoms with Crippen molar-refractivity contribution in [1.29, 1.82) is 0 Å². The summed E-state index contributed by atoms with van der Waals surface area (Å²) in [7, 11) is 1.98. The summed E-state index contributed by atoms with van der Waals surface area (Å²) in [4.78, 5) is 0. The minimum atomic E-state index is -4.31. The van der Waals surface area contributed by atoms with E-state index in [0.29, 0.717) is 6.42 Å². The molecule has 2 atom stereocenters. The summed E-state index contributed by atoms with van der Waals surface area (Å²) in [5.41, 5.74) is 4.92. The second-order valence-electron chi connectivity index (χ2n) is 8.26. The Morgan fingerprint density at radius 3 is 2.37 bits per heavy atom. The van der Waals surface area contributed by atoms with Crippen LogP contribution in [0.5, 0.6) is 0 Å². The van der Waals surface area contributed by atoms with Crippen LogP contribution in [0.2, 0.25) is 0 Å². The van der Waals surface area contributed by atoms with Crippen molar-refractivity contribution in [2.24, 2.45) is 0 Å². The summed E-state index contributed by atoms with van der Waals surface area (Å²) < 4.78 is 39.3. The highest BCUT2D eigenvalue weighted by atomic mass is 19.4. The molecule has 1 aliphatic rings. The summed E-state index contributed by atoms with van der Waals surface area (Å²) in [6, 6.07) is 22.7. The molecule has 3 aromatic rings. The Kier molecular flexibility index (Phi) is 5.46. The first kappa shape index (κ1) is 20.7. The minimum Gasteiger partial charge on any atom is -0.307 e. The molecule has 1 N–H and O–H groups in total. The number of nitrogens with one attached hydrogen (secondary N) is 1. The van der Waals surface area contributed by atoms with Crippen molar-refractivity contribution in [1.82, 2.24) is 5.32 Å². The van der Waals surface area contributed by atoms with E-state index >= 15 is 0 Å². The Bertz CT molecular complexity index is 1040. The van der Waals surface area contributed by atoms with Crippen LogP contribution in [0.25, 0.3) is 0 Å². The average molecular weight is 409 g/mol. The van der Waals surface area contributed by atoms with Gasteiger partial charge in [0.25, 0.3) is 0 Å². The van der Waals surface area contributed by atoms with Crippen LogP contribution in [0.15, 0.2) is 72.8 Å². The van der Waals surface area contributed by atoms with Crippen LogP contribution in [0.4, 0.5) is 13.2 Å². The monoisotopic (exact) mass is 409 g/mol. The first-order valence-corrected chi connectivity index (χ1v) is 10.4. The molecular formula is C26H26F3N. The number of halogens is 3. The molecule has 1 aliphatic carbocycles. The number of alkyl halides is 3. The standard InChI is InChI=1S/C26H26F3N/c1-25(30-2)23-12-5-3-9-20(23)17-19(22-11-4-6-13-24(22)25)15-14-18-8-7-10-21(16-18)26(27,28)29/h3-13,16,19,30H,14-15,17H2,1-2H3. The Labute approximate surface area is 176 Å². The summed E-state index contributed by atoms with van der Waals surface area (Å²) in [6.07, 6.45) is -2.02. The van der Waals surface area contributed by atoms with E-state index in [9.17, 15) is 13.2 Å². The topological polar surface area (TPSA) is 12.0 Å². The van der Waals surface area contributed by atoms with Crippen LogP contribution < -0.4 is 5.32 Å². The summed E-state index contributed by atoms with van der Waals surface area (Å²) in [5.74, 6) is 0.243. The Hall–Kier alpha value is -2.59. The highest BCUT2D eigenvalue weighted by Gasteiger charge is 2.36. The van der Waals surface area contributed by atoms with Crippen LogP contribution in [0.3, 0.4) is 0 Å². The van der Waals surface area contributed by atoms with Gasteiger partial charge in [0.15, 0.2) is 0 Å². The van der Waals surface area contributed by atoms with E-state index in [1.165, 1.54) is 34.4 Å². The highest BCUT2D eigenvalue weighted by Crippen LogP contribution is 2.42. The van der Waals surface area contributed by atoms with Crippen molar-refractivity contribution in [3.8, 4) is 0 Å². The first-order chi connectivity index (χ1) is 14.3. The SMILES string of the molecule is CNC1(C)c2ccccc2CC(CCc2cccc(C(F)(F)F)c2)c2ccccc21. The number of hydrogen-bond donors (Lipinski definition) is 1. The van der Waals surface area contributed by atoms with E-state index in [0.717, 1.165) is 24.5 Å². The van der Waals surface area contributed by atoms with Gasteiger partial charge in [-0.05, 0) is 73.0 Å². The maximum absolute atomic E-state index is 13.1. The van der Waals surface area contributed by atoms with E-state index in [-0.39, 0.29) is 11.5 Å². The summed E-state index contributed by atoms with van der Waals surface area (Å²) in [5, 5.41) is 3.53. The largest absolute Gasteiger partial charge is 0.416 e. The second kappa shape index (κ2) is 7.92. The number of aryl methyl sites for hydroxylation is 1. The lowest BCUT2D eigenvalue weighted by atomic mass is 9.81. The fourth-order valence-corrected chi connectivity index (χ4v) is 4.79. The molecule has 0 spiro atoms. The van der Waals surface area contributed by atoms with Gasteiger partial charge >= 0.3 is 6.18 Å². The van der Waals surface area contributed by atoms with Crippen molar-refractivity contribution >= 4 is 0 Å². The smallest absolute Gasteiger partial charge is 0.307 e. The molecule has 0 aliphatic heterocycles. The fraction of sp³-hybridized carbons (Fsp3) is 0.308. The molecule has 156 valence electrons. The lowest BCUT2D eigenvalue weighted by Crippen LogP contribution is -2.38. The van der Waals surface area contributed by atoms with Gasteiger partial charge in [-0.3, -0.25) is 0 Å². The van der Waals surface area contributed by atoms with E-state index < -0.39 is 11.7 Å². The molecular weight excluding hydrogens is 383 g/mol. The molecule has 30 heavy (non-hydrogen) atoms. The zero-order valence-electron chi connectivity index (χ0n) is 17.3. The average Bonchev–Trinajstić information content (AvgIpc) is 2.86. The Balaban J connectivity index is 1.70. The maximum atomic E-state index is 13.1. The van der Waals surface area contributed by atoms with E-state index in [2.05, 4.69) is 60.8 Å². The summed E-state index contributed by atoms with van der Waals surface area (Å²) in [6.45, 7) is 2.21. The Morgan fingerprint density at radius 2 is 1.63 bits per heavy atom. The van der Waals surface area contributed by atoms with Gasteiger partial charge in [-0.15, -0.1) is 0 Å². The van der Waals surface area contributed by atoms with Gasteiger partial charge < -0.3 is 5.32 Å². The van der Waals surface area contributed by atoms with Crippen LogP contribution in [-0.4, -0.2) is 7.05 Å². The van der Waals surface area contributed by atoms with Crippen LogP contribution in [0.1, 0.15) is 52.6 Å². The molecule has 0 saturated heterocycles. The number of fused-ring (bicyclic) bond motifs is 2. The fourth-order valence-electron chi connectivity index (χ4n) is 4.79. The molecule has 0 fully saturated rings. The normalized spacial score (nSPS) is 20.9. The second-order valence-corrected chi connectivity index (χ2v) is 8.26.